The molecule has 1 aromatic rings. The van der Waals surface area contributed by atoms with E-state index in [-0.39, 0.29) is 6.10 Å². The number of nitrogens with one attached hydrogen (secondary N) is 1. The van der Waals surface area contributed by atoms with Gasteiger partial charge in [0.15, 0.2) is 0 Å². The molecule has 2 rings (SSSR count). The molecule has 88 valence electrons. The minimum atomic E-state index is -0.193. The quantitative estimate of drug-likeness (QED) is 0.799. The first-order valence-corrected chi connectivity index (χ1v) is 6.20. The maximum absolute atomic E-state index is 9.43. The van der Waals surface area contributed by atoms with Crippen molar-refractivity contribution in [2.45, 2.75) is 45.1 Å². The van der Waals surface area contributed by atoms with E-state index in [0.717, 1.165) is 31.6 Å². The molecule has 2 N–H and O–H groups in total. The van der Waals surface area contributed by atoms with Gasteiger partial charge in [-0.2, -0.15) is 0 Å². The van der Waals surface area contributed by atoms with E-state index in [4.69, 9.17) is 0 Å². The standard InChI is InChI=1S/C13H20N2O/c1-2-11(16)8-9-14-13-7-6-10-4-3-5-12(10)15-13/h6-7,11,16H,2-5,8-9H2,1H3,(H,14,15). The molecule has 0 radical (unpaired) electrons. The average molecular weight is 220 g/mol. The van der Waals surface area contributed by atoms with Crippen LogP contribution in [-0.4, -0.2) is 22.7 Å². The number of aromatic nitrogens is 1. The van der Waals surface area contributed by atoms with Gasteiger partial charge in [0, 0.05) is 12.2 Å². The molecule has 16 heavy (non-hydrogen) atoms. The number of aliphatic hydroxyl groups excluding tert-OH is 1. The number of nitrogens with zero attached hydrogens (tertiary/aromatic N) is 1. The van der Waals surface area contributed by atoms with E-state index in [1.807, 2.05) is 13.0 Å². The number of pyridine rings is 1. The molecule has 0 amide bonds. The van der Waals surface area contributed by atoms with Crippen molar-refractivity contribution in [1.82, 2.24) is 4.98 Å². The third-order valence-electron chi connectivity index (χ3n) is 3.18. The van der Waals surface area contributed by atoms with Crippen LogP contribution >= 0.6 is 0 Å². The number of anilines is 1. The van der Waals surface area contributed by atoms with Crippen molar-refractivity contribution in [2.24, 2.45) is 0 Å². The van der Waals surface area contributed by atoms with Crippen LogP contribution in [0.2, 0.25) is 0 Å². The van der Waals surface area contributed by atoms with E-state index in [9.17, 15) is 5.11 Å². The lowest BCUT2D eigenvalue weighted by atomic mass is 10.2. The van der Waals surface area contributed by atoms with Crippen molar-refractivity contribution >= 4 is 5.82 Å². The molecule has 3 heteroatoms. The minimum absolute atomic E-state index is 0.193. The van der Waals surface area contributed by atoms with Gasteiger partial charge in [-0.15, -0.1) is 0 Å². The second-order valence-electron chi connectivity index (χ2n) is 4.43. The number of aryl methyl sites for hydroxylation is 2. The Morgan fingerprint density at radius 1 is 1.44 bits per heavy atom. The number of hydrogen-bond donors (Lipinski definition) is 2. The lowest BCUT2D eigenvalue weighted by Crippen LogP contribution is -2.13. The van der Waals surface area contributed by atoms with Crippen LogP contribution in [0.4, 0.5) is 5.82 Å². The molecule has 1 atom stereocenters. The first-order valence-electron chi connectivity index (χ1n) is 6.20. The SMILES string of the molecule is CCC(O)CCNc1ccc2c(n1)CCC2. The number of fused-ring (bicyclic) bond motifs is 1. The highest BCUT2D eigenvalue weighted by Gasteiger charge is 2.12. The minimum Gasteiger partial charge on any atom is -0.393 e. The van der Waals surface area contributed by atoms with Gasteiger partial charge < -0.3 is 10.4 Å². The molecule has 3 nitrogen and oxygen atoms in total. The van der Waals surface area contributed by atoms with Gasteiger partial charge in [0.05, 0.1) is 6.10 Å². The fourth-order valence-corrected chi connectivity index (χ4v) is 2.09. The third kappa shape index (κ3) is 2.73. The van der Waals surface area contributed by atoms with E-state index in [1.54, 1.807) is 0 Å². The topological polar surface area (TPSA) is 45.1 Å². The molecule has 1 aromatic heterocycles. The highest BCUT2D eigenvalue weighted by Crippen LogP contribution is 2.21. The van der Waals surface area contributed by atoms with E-state index in [1.165, 1.54) is 24.1 Å². The lowest BCUT2D eigenvalue weighted by molar-refractivity contribution is 0.164. The Labute approximate surface area is 96.9 Å². The molecule has 0 aliphatic heterocycles. The smallest absolute Gasteiger partial charge is 0.126 e. The number of rotatable bonds is 5. The van der Waals surface area contributed by atoms with Crippen LogP contribution in [-0.2, 0) is 12.8 Å². The Kier molecular flexibility index (Phi) is 3.78. The summed E-state index contributed by atoms with van der Waals surface area (Å²) >= 11 is 0. The zero-order valence-corrected chi connectivity index (χ0v) is 9.87. The summed E-state index contributed by atoms with van der Waals surface area (Å²) in [6, 6.07) is 4.22. The van der Waals surface area contributed by atoms with Crippen LogP contribution in [0.5, 0.6) is 0 Å². The van der Waals surface area contributed by atoms with Crippen LogP contribution in [0.1, 0.15) is 37.4 Å². The fraction of sp³-hybridized carbons (Fsp3) is 0.615. The summed E-state index contributed by atoms with van der Waals surface area (Å²) in [7, 11) is 0. The van der Waals surface area contributed by atoms with Crippen LogP contribution in [0, 0.1) is 0 Å². The van der Waals surface area contributed by atoms with Crippen molar-refractivity contribution < 1.29 is 5.11 Å². The second kappa shape index (κ2) is 5.30. The summed E-state index contributed by atoms with van der Waals surface area (Å²) in [5, 5.41) is 12.7. The largest absolute Gasteiger partial charge is 0.393 e. The maximum Gasteiger partial charge on any atom is 0.126 e. The van der Waals surface area contributed by atoms with Crippen molar-refractivity contribution in [3.05, 3.63) is 23.4 Å². The Bertz CT molecular complexity index is 352. The Balaban J connectivity index is 1.86. The summed E-state index contributed by atoms with van der Waals surface area (Å²) in [5.74, 6) is 0.948. The van der Waals surface area contributed by atoms with Gasteiger partial charge in [0.25, 0.3) is 0 Å². The summed E-state index contributed by atoms with van der Waals surface area (Å²) in [5.41, 5.74) is 2.65. The van der Waals surface area contributed by atoms with E-state index < -0.39 is 0 Å². The van der Waals surface area contributed by atoms with E-state index in [0.29, 0.717) is 0 Å². The summed E-state index contributed by atoms with van der Waals surface area (Å²) in [6.07, 6.45) is 4.94. The lowest BCUT2D eigenvalue weighted by Gasteiger charge is -2.10. The first-order chi connectivity index (χ1) is 7.79. The Hall–Kier alpha value is -1.09. The van der Waals surface area contributed by atoms with Gasteiger partial charge in [-0.05, 0) is 43.7 Å². The predicted octanol–water partition coefficient (Wildman–Crippen LogP) is 2.14. The zero-order chi connectivity index (χ0) is 11.4. The van der Waals surface area contributed by atoms with Crippen molar-refractivity contribution in [1.29, 1.82) is 0 Å². The van der Waals surface area contributed by atoms with Crippen molar-refractivity contribution in [2.75, 3.05) is 11.9 Å². The molecule has 0 saturated heterocycles. The van der Waals surface area contributed by atoms with E-state index in [2.05, 4.69) is 16.4 Å². The molecule has 1 heterocycles. The Morgan fingerprint density at radius 2 is 2.31 bits per heavy atom. The normalized spacial score (nSPS) is 15.9. The summed E-state index contributed by atoms with van der Waals surface area (Å²) in [4.78, 5) is 4.58. The van der Waals surface area contributed by atoms with Crippen LogP contribution in [0.25, 0.3) is 0 Å². The van der Waals surface area contributed by atoms with Crippen molar-refractivity contribution in [3.8, 4) is 0 Å². The maximum atomic E-state index is 9.43. The molecule has 0 aromatic carbocycles. The number of aliphatic hydroxyl groups is 1. The molecule has 1 aliphatic carbocycles. The first kappa shape index (κ1) is 11.4. The van der Waals surface area contributed by atoms with Gasteiger partial charge in [-0.25, -0.2) is 4.98 Å². The van der Waals surface area contributed by atoms with Crippen molar-refractivity contribution in [3.63, 3.8) is 0 Å². The predicted molar refractivity (Wildman–Crippen MR) is 65.7 cm³/mol. The van der Waals surface area contributed by atoms with Gasteiger partial charge in [-0.3, -0.25) is 0 Å². The molecule has 0 saturated carbocycles. The summed E-state index contributed by atoms with van der Waals surface area (Å²) < 4.78 is 0. The molecule has 0 fully saturated rings. The van der Waals surface area contributed by atoms with Crippen LogP contribution in [0.3, 0.4) is 0 Å². The average Bonchev–Trinajstić information content (AvgIpc) is 2.76. The molecule has 1 aliphatic rings. The van der Waals surface area contributed by atoms with Crippen LogP contribution in [0.15, 0.2) is 12.1 Å². The highest BCUT2D eigenvalue weighted by molar-refractivity contribution is 5.40. The molecule has 0 spiro atoms. The molecular weight excluding hydrogens is 200 g/mol. The summed E-state index contributed by atoms with van der Waals surface area (Å²) in [6.45, 7) is 2.79. The highest BCUT2D eigenvalue weighted by atomic mass is 16.3. The molecule has 1 unspecified atom stereocenters. The fourth-order valence-electron chi connectivity index (χ4n) is 2.09. The number of hydrogen-bond acceptors (Lipinski definition) is 3. The van der Waals surface area contributed by atoms with Gasteiger partial charge in [0.1, 0.15) is 5.82 Å². The Morgan fingerprint density at radius 3 is 3.12 bits per heavy atom. The van der Waals surface area contributed by atoms with Gasteiger partial charge in [-0.1, -0.05) is 13.0 Å². The molecular formula is C13H20N2O. The van der Waals surface area contributed by atoms with Crippen LogP contribution < -0.4 is 5.32 Å². The van der Waals surface area contributed by atoms with Gasteiger partial charge in [0.2, 0.25) is 0 Å². The molecule has 0 bridgehead atoms. The van der Waals surface area contributed by atoms with E-state index >= 15 is 0 Å². The van der Waals surface area contributed by atoms with Gasteiger partial charge >= 0.3 is 0 Å². The second-order valence-corrected chi connectivity index (χ2v) is 4.43. The zero-order valence-electron chi connectivity index (χ0n) is 9.87. The monoisotopic (exact) mass is 220 g/mol. The third-order valence-corrected chi connectivity index (χ3v) is 3.18.